The predicted molar refractivity (Wildman–Crippen MR) is 148 cm³/mol. The lowest BCUT2D eigenvalue weighted by atomic mass is 10.0. The van der Waals surface area contributed by atoms with Gasteiger partial charge in [-0.2, -0.15) is 0 Å². The number of para-hydroxylation sites is 1. The second kappa shape index (κ2) is 15.0. The van der Waals surface area contributed by atoms with Crippen LogP contribution in [0.1, 0.15) is 18.1 Å². The van der Waals surface area contributed by atoms with E-state index < -0.39 is 61.0 Å². The fourth-order valence-electron chi connectivity index (χ4n) is 3.85. The molecule has 0 bridgehead atoms. The minimum Gasteiger partial charge on any atom is -0.445 e. The molecule has 0 saturated carbocycles. The molecular formula is C27H33N7O7. The molecule has 5 amide bonds. The Kier molecular flexibility index (Phi) is 11.2. The summed E-state index contributed by atoms with van der Waals surface area (Å²) < 4.78 is 5.28. The number of hydrazine groups is 1. The number of aliphatic hydroxyl groups is 1. The van der Waals surface area contributed by atoms with Crippen molar-refractivity contribution in [2.75, 3.05) is 13.2 Å². The molecule has 218 valence electrons. The Balaban J connectivity index is 1.66. The summed E-state index contributed by atoms with van der Waals surface area (Å²) in [7, 11) is 0. The Hall–Kier alpha value is -4.95. The van der Waals surface area contributed by atoms with E-state index in [4.69, 9.17) is 10.6 Å². The zero-order valence-electron chi connectivity index (χ0n) is 22.3. The summed E-state index contributed by atoms with van der Waals surface area (Å²) >= 11 is 0. The van der Waals surface area contributed by atoms with E-state index in [1.54, 1.807) is 30.5 Å². The molecule has 9 N–H and O–H groups in total. The number of rotatable bonds is 13. The summed E-state index contributed by atoms with van der Waals surface area (Å²) in [6.45, 7) is 0.137. The van der Waals surface area contributed by atoms with Crippen molar-refractivity contribution in [3.05, 3.63) is 71.9 Å². The predicted octanol–water partition coefficient (Wildman–Crippen LogP) is -0.907. The van der Waals surface area contributed by atoms with Crippen molar-refractivity contribution in [3.8, 4) is 0 Å². The minimum absolute atomic E-state index is 0.00947. The van der Waals surface area contributed by atoms with E-state index in [1.165, 1.54) is 6.92 Å². The molecule has 0 fully saturated rings. The number of hydrogen-bond donors (Lipinski definition) is 8. The Morgan fingerprint density at radius 3 is 2.32 bits per heavy atom. The zero-order chi connectivity index (χ0) is 29.8. The van der Waals surface area contributed by atoms with Crippen LogP contribution in [0.4, 0.5) is 4.79 Å². The molecule has 0 spiro atoms. The average Bonchev–Trinajstić information content (AvgIpc) is 3.39. The molecule has 0 aliphatic carbocycles. The van der Waals surface area contributed by atoms with Crippen molar-refractivity contribution in [2.45, 2.75) is 38.1 Å². The van der Waals surface area contributed by atoms with Gasteiger partial charge in [0, 0.05) is 23.5 Å². The first-order valence-corrected chi connectivity index (χ1v) is 12.7. The van der Waals surface area contributed by atoms with E-state index in [2.05, 4.69) is 26.3 Å². The molecule has 3 aromatic rings. The lowest BCUT2D eigenvalue weighted by Crippen LogP contribution is -2.57. The van der Waals surface area contributed by atoms with Crippen LogP contribution < -0.4 is 32.5 Å². The lowest BCUT2D eigenvalue weighted by molar-refractivity contribution is -0.133. The number of carbonyl (C=O) groups excluding carboxylic acids is 5. The van der Waals surface area contributed by atoms with Crippen molar-refractivity contribution in [1.29, 1.82) is 0 Å². The number of fused-ring (bicyclic) bond motifs is 1. The second-order valence-corrected chi connectivity index (χ2v) is 9.08. The smallest absolute Gasteiger partial charge is 0.408 e. The van der Waals surface area contributed by atoms with Gasteiger partial charge in [-0.3, -0.25) is 24.6 Å². The van der Waals surface area contributed by atoms with E-state index in [0.29, 0.717) is 0 Å². The average molecular weight is 568 g/mol. The fourth-order valence-corrected chi connectivity index (χ4v) is 3.85. The number of benzene rings is 2. The van der Waals surface area contributed by atoms with Crippen LogP contribution in [0.15, 0.2) is 60.8 Å². The number of carbonyl (C=O) groups is 5. The van der Waals surface area contributed by atoms with E-state index in [-0.39, 0.29) is 13.0 Å². The topological polar surface area (TPSA) is 217 Å². The maximum Gasteiger partial charge on any atom is 0.408 e. The van der Waals surface area contributed by atoms with Crippen molar-refractivity contribution in [1.82, 2.24) is 31.7 Å². The van der Waals surface area contributed by atoms with Crippen LogP contribution in [0.25, 0.3) is 10.9 Å². The first-order chi connectivity index (χ1) is 19.7. The van der Waals surface area contributed by atoms with Crippen LogP contribution in [0, 0.1) is 0 Å². The molecule has 0 saturated heterocycles. The van der Waals surface area contributed by atoms with Gasteiger partial charge >= 0.3 is 6.09 Å². The maximum atomic E-state index is 13.3. The van der Waals surface area contributed by atoms with Crippen molar-refractivity contribution < 1.29 is 33.8 Å². The number of H-pyrrole nitrogens is 1. The molecule has 1 aromatic heterocycles. The molecule has 3 atom stereocenters. The number of aliphatic hydroxyl groups excluding tert-OH is 1. The van der Waals surface area contributed by atoms with Crippen LogP contribution in [0.5, 0.6) is 0 Å². The highest BCUT2D eigenvalue weighted by Gasteiger charge is 2.28. The number of aromatic amines is 1. The number of amides is 5. The molecule has 0 radical (unpaired) electrons. The van der Waals surface area contributed by atoms with Gasteiger partial charge in [0.2, 0.25) is 17.7 Å². The van der Waals surface area contributed by atoms with Gasteiger partial charge in [0.15, 0.2) is 0 Å². The molecule has 3 rings (SSSR count). The van der Waals surface area contributed by atoms with Crippen LogP contribution in [-0.2, 0) is 36.9 Å². The molecule has 0 aliphatic rings. The number of aromatic nitrogens is 1. The summed E-state index contributed by atoms with van der Waals surface area (Å²) in [4.78, 5) is 65.1. The van der Waals surface area contributed by atoms with Gasteiger partial charge in [0.1, 0.15) is 24.7 Å². The van der Waals surface area contributed by atoms with Gasteiger partial charge in [-0.15, -0.1) is 0 Å². The summed E-state index contributed by atoms with van der Waals surface area (Å²) in [5.41, 5.74) is 4.19. The highest BCUT2D eigenvalue weighted by Crippen LogP contribution is 2.19. The number of nitrogens with two attached hydrogens (primary N) is 1. The molecular weight excluding hydrogens is 534 g/mol. The Morgan fingerprint density at radius 2 is 1.61 bits per heavy atom. The minimum atomic E-state index is -1.39. The van der Waals surface area contributed by atoms with Gasteiger partial charge in [-0.05, 0) is 24.1 Å². The largest absolute Gasteiger partial charge is 0.445 e. The normalized spacial score (nSPS) is 12.9. The van der Waals surface area contributed by atoms with Gasteiger partial charge in [0.25, 0.3) is 5.91 Å². The van der Waals surface area contributed by atoms with Crippen molar-refractivity contribution in [2.24, 2.45) is 5.84 Å². The van der Waals surface area contributed by atoms with Crippen LogP contribution in [0.2, 0.25) is 0 Å². The summed E-state index contributed by atoms with van der Waals surface area (Å²) in [5.74, 6) is 1.98. The number of hydrogen-bond acceptors (Lipinski definition) is 8. The number of nitrogens with one attached hydrogen (secondary N) is 6. The van der Waals surface area contributed by atoms with Gasteiger partial charge in [0.05, 0.1) is 13.2 Å². The monoisotopic (exact) mass is 567 g/mol. The Labute approximate surface area is 235 Å². The van der Waals surface area contributed by atoms with Crippen molar-refractivity contribution >= 4 is 40.6 Å². The first kappa shape index (κ1) is 30.6. The number of ether oxygens (including phenoxy) is 1. The lowest BCUT2D eigenvalue weighted by Gasteiger charge is -2.22. The fraction of sp³-hybridized carbons (Fsp3) is 0.296. The van der Waals surface area contributed by atoms with E-state index in [9.17, 15) is 29.1 Å². The van der Waals surface area contributed by atoms with Crippen LogP contribution >= 0.6 is 0 Å². The summed E-state index contributed by atoms with van der Waals surface area (Å²) in [5, 5.41) is 20.0. The zero-order valence-corrected chi connectivity index (χ0v) is 22.3. The highest BCUT2D eigenvalue weighted by atomic mass is 16.5. The molecule has 0 unspecified atom stereocenters. The summed E-state index contributed by atoms with van der Waals surface area (Å²) in [6.07, 6.45) is 0.979. The van der Waals surface area contributed by atoms with Gasteiger partial charge in [-0.1, -0.05) is 48.5 Å². The third-order valence-electron chi connectivity index (χ3n) is 6.07. The van der Waals surface area contributed by atoms with E-state index in [0.717, 1.165) is 22.0 Å². The summed E-state index contributed by atoms with van der Waals surface area (Å²) in [6, 6.07) is 12.8. The van der Waals surface area contributed by atoms with Crippen LogP contribution in [-0.4, -0.2) is 71.1 Å². The highest BCUT2D eigenvalue weighted by molar-refractivity contribution is 5.95. The van der Waals surface area contributed by atoms with Gasteiger partial charge in [-0.25, -0.2) is 10.6 Å². The first-order valence-electron chi connectivity index (χ1n) is 12.7. The molecule has 14 heteroatoms. The van der Waals surface area contributed by atoms with E-state index in [1.807, 2.05) is 35.8 Å². The Bertz CT molecular complexity index is 1360. The SMILES string of the molecule is C[C@H](NC(=O)[C@H](Cc1c[nH]c2ccccc12)NC(=O)OCc1ccccc1)C(=O)N[C@@H](CO)C(=O)NCC(=O)NN. The molecule has 0 aliphatic heterocycles. The molecule has 2 aromatic carbocycles. The van der Waals surface area contributed by atoms with Gasteiger partial charge < -0.3 is 36.1 Å². The quantitative estimate of drug-likeness (QED) is 0.0733. The molecule has 41 heavy (non-hydrogen) atoms. The molecule has 14 nitrogen and oxygen atoms in total. The number of alkyl carbamates (subject to hydrolysis) is 1. The standard InChI is InChI=1S/C27H33N7O7/c1-16(24(37)32-22(14-35)25(38)30-13-23(36)34-28)31-26(39)21(11-18-12-29-20-10-6-5-9-19(18)20)33-27(40)41-15-17-7-3-2-4-8-17/h2-10,12,16,21-22,29,35H,11,13-15,28H2,1H3,(H,30,38)(H,31,39)(H,32,37)(H,33,40)(H,34,36)/t16-,21-,22-/m0/s1. The molecule has 1 heterocycles. The second-order valence-electron chi connectivity index (χ2n) is 9.08. The third kappa shape index (κ3) is 9.05. The Morgan fingerprint density at radius 1 is 0.902 bits per heavy atom. The van der Waals surface area contributed by atoms with E-state index >= 15 is 0 Å². The maximum absolute atomic E-state index is 13.3. The van der Waals surface area contributed by atoms with Crippen molar-refractivity contribution in [3.63, 3.8) is 0 Å². The third-order valence-corrected chi connectivity index (χ3v) is 6.07. The van der Waals surface area contributed by atoms with Crippen LogP contribution in [0.3, 0.4) is 0 Å².